The minimum absolute atomic E-state index is 0.0684. The molecule has 1 N–H and O–H groups in total. The lowest BCUT2D eigenvalue weighted by Gasteiger charge is -2.17. The fourth-order valence-corrected chi connectivity index (χ4v) is 5.13. The molecule has 5 rings (SSSR count). The summed E-state index contributed by atoms with van der Waals surface area (Å²) in [6.07, 6.45) is 4.89. The second kappa shape index (κ2) is 8.23. The Morgan fingerprint density at radius 3 is 2.77 bits per heavy atom. The first-order valence-electron chi connectivity index (χ1n) is 10.6. The van der Waals surface area contributed by atoms with Crippen molar-refractivity contribution in [2.75, 3.05) is 16.8 Å². The van der Waals surface area contributed by atoms with Crippen LogP contribution >= 0.6 is 11.3 Å². The molecule has 0 spiro atoms. The Kier molecular flexibility index (Phi) is 5.28. The first-order valence-corrected chi connectivity index (χ1v) is 11.4. The van der Waals surface area contributed by atoms with Gasteiger partial charge in [-0.1, -0.05) is 25.0 Å². The molecule has 5 nitrogen and oxygen atoms in total. The number of carbonyl (C=O) groups is 2. The van der Waals surface area contributed by atoms with Gasteiger partial charge < -0.3 is 10.2 Å². The summed E-state index contributed by atoms with van der Waals surface area (Å²) >= 11 is 1.43. The number of benzene rings is 2. The molecule has 31 heavy (non-hydrogen) atoms. The Balaban J connectivity index is 1.33. The van der Waals surface area contributed by atoms with E-state index in [1.807, 2.05) is 23.6 Å². The molecule has 1 aromatic heterocycles. The maximum absolute atomic E-state index is 13.5. The van der Waals surface area contributed by atoms with Gasteiger partial charge in [-0.25, -0.2) is 9.37 Å². The van der Waals surface area contributed by atoms with Gasteiger partial charge in [0.25, 0.3) is 5.91 Å². The van der Waals surface area contributed by atoms with Gasteiger partial charge in [0, 0.05) is 34.7 Å². The topological polar surface area (TPSA) is 62.3 Å². The van der Waals surface area contributed by atoms with Gasteiger partial charge in [-0.05, 0) is 55.2 Å². The van der Waals surface area contributed by atoms with E-state index in [1.54, 1.807) is 17.0 Å². The number of halogens is 1. The maximum atomic E-state index is 13.5. The third-order valence-electron chi connectivity index (χ3n) is 6.05. The lowest BCUT2D eigenvalue weighted by atomic mass is 10.1. The van der Waals surface area contributed by atoms with Gasteiger partial charge in [-0.2, -0.15) is 0 Å². The molecule has 0 bridgehead atoms. The average Bonchev–Trinajstić information content (AvgIpc) is 3.53. The third kappa shape index (κ3) is 3.97. The van der Waals surface area contributed by atoms with Crippen LogP contribution in [-0.2, 0) is 11.2 Å². The van der Waals surface area contributed by atoms with Crippen LogP contribution in [0.15, 0.2) is 47.8 Å². The molecule has 2 aromatic carbocycles. The summed E-state index contributed by atoms with van der Waals surface area (Å²) in [5, 5.41) is 5.52. The predicted octanol–water partition coefficient (Wildman–Crippen LogP) is 5.28. The van der Waals surface area contributed by atoms with Crippen molar-refractivity contribution >= 4 is 34.0 Å². The number of nitrogens with one attached hydrogen (secondary N) is 1. The molecule has 2 amide bonds. The highest BCUT2D eigenvalue weighted by Crippen LogP contribution is 2.34. The van der Waals surface area contributed by atoms with Crippen LogP contribution in [0.5, 0.6) is 0 Å². The smallest absolute Gasteiger partial charge is 0.258 e. The summed E-state index contributed by atoms with van der Waals surface area (Å²) in [6.45, 7) is 0.563. The van der Waals surface area contributed by atoms with Gasteiger partial charge in [-0.3, -0.25) is 9.59 Å². The van der Waals surface area contributed by atoms with Crippen LogP contribution in [0.1, 0.15) is 41.6 Å². The van der Waals surface area contributed by atoms with Gasteiger partial charge >= 0.3 is 0 Å². The number of hydrogen-bond acceptors (Lipinski definition) is 4. The zero-order valence-electron chi connectivity index (χ0n) is 16.9. The molecule has 158 valence electrons. The Labute approximate surface area is 183 Å². The van der Waals surface area contributed by atoms with Crippen LogP contribution in [0.25, 0.3) is 11.3 Å². The molecule has 0 unspecified atom stereocenters. The zero-order valence-corrected chi connectivity index (χ0v) is 17.8. The van der Waals surface area contributed by atoms with Gasteiger partial charge in [-0.15, -0.1) is 11.3 Å². The molecule has 3 aromatic rings. The normalized spacial score (nSPS) is 15.8. The lowest BCUT2D eigenvalue weighted by Crippen LogP contribution is -2.28. The number of aromatic nitrogens is 1. The van der Waals surface area contributed by atoms with Crippen molar-refractivity contribution in [3.63, 3.8) is 0 Å². The summed E-state index contributed by atoms with van der Waals surface area (Å²) in [6, 6.07) is 11.7. The number of amides is 2. The Bertz CT molecular complexity index is 1150. The minimum atomic E-state index is -0.417. The number of nitrogens with zero attached hydrogens (tertiary/aromatic N) is 2. The molecule has 1 aliphatic heterocycles. The molecular weight excluding hydrogens is 413 g/mol. The van der Waals surface area contributed by atoms with E-state index in [1.165, 1.54) is 23.5 Å². The van der Waals surface area contributed by atoms with Crippen LogP contribution in [0.3, 0.4) is 0 Å². The van der Waals surface area contributed by atoms with Crippen molar-refractivity contribution < 1.29 is 14.0 Å². The fourth-order valence-electron chi connectivity index (χ4n) is 4.41. The summed E-state index contributed by atoms with van der Waals surface area (Å²) in [7, 11) is 0. The Morgan fingerprint density at radius 2 is 1.97 bits per heavy atom. The monoisotopic (exact) mass is 435 g/mol. The van der Waals surface area contributed by atoms with Crippen LogP contribution in [0, 0.1) is 11.7 Å². The number of anilines is 2. The first kappa shape index (κ1) is 19.9. The van der Waals surface area contributed by atoms with Crippen molar-refractivity contribution in [3.8, 4) is 11.3 Å². The van der Waals surface area contributed by atoms with E-state index in [0.717, 1.165) is 54.6 Å². The highest BCUT2D eigenvalue weighted by atomic mass is 32.1. The zero-order chi connectivity index (χ0) is 21.4. The van der Waals surface area contributed by atoms with E-state index in [9.17, 15) is 14.0 Å². The third-order valence-corrected chi connectivity index (χ3v) is 6.81. The molecule has 1 fully saturated rings. The Hall–Kier alpha value is -3.06. The summed E-state index contributed by atoms with van der Waals surface area (Å²) < 4.78 is 13.5. The van der Waals surface area contributed by atoms with E-state index >= 15 is 0 Å². The van der Waals surface area contributed by atoms with Crippen molar-refractivity contribution in [1.82, 2.24) is 4.98 Å². The second-order valence-electron chi connectivity index (χ2n) is 8.07. The number of carbonyl (C=O) groups excluding carboxylic acids is 2. The van der Waals surface area contributed by atoms with Crippen LogP contribution in [0.2, 0.25) is 0 Å². The van der Waals surface area contributed by atoms with Gasteiger partial charge in [0.15, 0.2) is 5.13 Å². The summed E-state index contributed by atoms with van der Waals surface area (Å²) in [5.74, 6) is -0.440. The molecule has 1 saturated carbocycles. The first-order chi connectivity index (χ1) is 15.1. The average molecular weight is 436 g/mol. The highest BCUT2D eigenvalue weighted by molar-refractivity contribution is 7.14. The second-order valence-corrected chi connectivity index (χ2v) is 8.93. The molecular formula is C24H22FN3O2S. The van der Waals surface area contributed by atoms with Gasteiger partial charge in [0.2, 0.25) is 5.91 Å². The molecule has 0 atom stereocenters. The standard InChI is InChI=1S/C24H22FN3O2S/c25-19-7-3-6-18(13-19)23(30)28-11-10-17-12-16(8-9-21(17)28)20-14-31-24(26-20)27-22(29)15-4-1-2-5-15/h3,6-9,12-15H,1-2,4-5,10-11H2,(H,26,27,29). The summed E-state index contributed by atoms with van der Waals surface area (Å²) in [4.78, 5) is 31.5. The molecule has 2 aliphatic rings. The van der Waals surface area contributed by atoms with E-state index in [-0.39, 0.29) is 17.7 Å². The molecule has 7 heteroatoms. The van der Waals surface area contributed by atoms with Crippen molar-refractivity contribution in [1.29, 1.82) is 0 Å². The number of rotatable bonds is 4. The van der Waals surface area contributed by atoms with Crippen LogP contribution in [0.4, 0.5) is 15.2 Å². The quantitative estimate of drug-likeness (QED) is 0.606. The largest absolute Gasteiger partial charge is 0.308 e. The molecule has 0 saturated heterocycles. The van der Waals surface area contributed by atoms with Crippen molar-refractivity contribution in [2.45, 2.75) is 32.1 Å². The van der Waals surface area contributed by atoms with Crippen molar-refractivity contribution in [2.24, 2.45) is 5.92 Å². The SMILES string of the molecule is O=C(Nc1nc(-c2ccc3c(c2)CCN3C(=O)c2cccc(F)c2)cs1)C1CCCC1. The van der Waals surface area contributed by atoms with E-state index in [2.05, 4.69) is 10.3 Å². The highest BCUT2D eigenvalue weighted by Gasteiger charge is 2.27. The molecule has 0 radical (unpaired) electrons. The van der Waals surface area contributed by atoms with Crippen LogP contribution in [-0.4, -0.2) is 23.3 Å². The predicted molar refractivity (Wildman–Crippen MR) is 120 cm³/mol. The van der Waals surface area contributed by atoms with E-state index < -0.39 is 5.82 Å². The summed E-state index contributed by atoms with van der Waals surface area (Å²) in [5.41, 5.74) is 4.02. The van der Waals surface area contributed by atoms with E-state index in [4.69, 9.17) is 0 Å². The van der Waals surface area contributed by atoms with Gasteiger partial charge in [0.05, 0.1) is 5.69 Å². The number of fused-ring (bicyclic) bond motifs is 1. The molecule has 1 aliphatic carbocycles. The fraction of sp³-hybridized carbons (Fsp3) is 0.292. The van der Waals surface area contributed by atoms with Crippen LogP contribution < -0.4 is 10.2 Å². The van der Waals surface area contributed by atoms with E-state index in [0.29, 0.717) is 17.2 Å². The minimum Gasteiger partial charge on any atom is -0.308 e. The van der Waals surface area contributed by atoms with Gasteiger partial charge in [0.1, 0.15) is 5.82 Å². The number of thiazole rings is 1. The lowest BCUT2D eigenvalue weighted by molar-refractivity contribution is -0.119. The molecule has 2 heterocycles. The number of hydrogen-bond donors (Lipinski definition) is 1. The Morgan fingerprint density at radius 1 is 1.13 bits per heavy atom. The maximum Gasteiger partial charge on any atom is 0.258 e. The van der Waals surface area contributed by atoms with Crippen molar-refractivity contribution in [3.05, 3.63) is 64.8 Å².